The molecule has 1 aliphatic heterocycles. The van der Waals surface area contributed by atoms with Crippen LogP contribution in [0.25, 0.3) is 0 Å². The van der Waals surface area contributed by atoms with Gasteiger partial charge in [-0.1, -0.05) is 0 Å². The van der Waals surface area contributed by atoms with E-state index in [1.165, 1.54) is 0 Å². The molecule has 0 spiro atoms. The molecule has 1 saturated heterocycles. The number of aromatic nitrogens is 2. The molecule has 1 fully saturated rings. The van der Waals surface area contributed by atoms with E-state index in [9.17, 15) is 4.79 Å². The van der Waals surface area contributed by atoms with E-state index in [0.717, 1.165) is 57.2 Å². The zero-order valence-electron chi connectivity index (χ0n) is 17.3. The van der Waals surface area contributed by atoms with Crippen LogP contribution >= 0.6 is 0 Å². The quantitative estimate of drug-likeness (QED) is 0.450. The number of ether oxygens (including phenoxy) is 1. The maximum atomic E-state index is 11.9. The first-order valence-electron chi connectivity index (χ1n) is 9.71. The van der Waals surface area contributed by atoms with Gasteiger partial charge in [-0.25, -0.2) is 9.78 Å². The van der Waals surface area contributed by atoms with E-state index in [-0.39, 0.29) is 12.1 Å². The molecule has 1 atom stereocenters. The number of aryl methyl sites for hydroxylation is 2. The van der Waals surface area contributed by atoms with Crippen LogP contribution in [0.2, 0.25) is 0 Å². The van der Waals surface area contributed by atoms with Crippen molar-refractivity contribution in [3.63, 3.8) is 0 Å². The number of nitrogens with zero attached hydrogens (tertiary/aromatic N) is 4. The highest BCUT2D eigenvalue weighted by Crippen LogP contribution is 2.12. The Balaban J connectivity index is 1.67. The molecular weight excluding hydrogens is 344 g/mol. The molecule has 2 rings (SSSR count). The SMILES string of the molecule is CN=C(NCCCCn1ccnc1C)N1CCC(NC(=O)OC(C)(C)C)C1. The van der Waals surface area contributed by atoms with Crippen molar-refractivity contribution in [2.24, 2.45) is 4.99 Å². The van der Waals surface area contributed by atoms with Crippen molar-refractivity contribution < 1.29 is 9.53 Å². The number of carbonyl (C=O) groups excluding carboxylic acids is 1. The average Bonchev–Trinajstić information content (AvgIpc) is 3.18. The first kappa shape index (κ1) is 21.1. The second-order valence-corrected chi connectivity index (χ2v) is 7.93. The van der Waals surface area contributed by atoms with E-state index in [1.807, 2.05) is 40.1 Å². The standard InChI is InChI=1S/C19H34N6O2/c1-15-21-10-13-24(15)11-7-6-9-22-17(20-5)25-12-8-16(14-25)23-18(26)27-19(2,3)4/h10,13,16H,6-9,11-12,14H2,1-5H3,(H,20,22)(H,23,26). The monoisotopic (exact) mass is 378 g/mol. The normalized spacial score (nSPS) is 17.9. The second-order valence-electron chi connectivity index (χ2n) is 7.93. The third-order valence-electron chi connectivity index (χ3n) is 4.45. The lowest BCUT2D eigenvalue weighted by Crippen LogP contribution is -2.44. The third kappa shape index (κ3) is 7.11. The number of imidazole rings is 1. The van der Waals surface area contributed by atoms with Gasteiger partial charge in [-0.05, 0) is 47.0 Å². The first-order valence-corrected chi connectivity index (χ1v) is 9.71. The van der Waals surface area contributed by atoms with Crippen LogP contribution in [0.3, 0.4) is 0 Å². The summed E-state index contributed by atoms with van der Waals surface area (Å²) in [6.45, 7) is 11.1. The number of hydrogen-bond donors (Lipinski definition) is 2. The molecule has 27 heavy (non-hydrogen) atoms. The van der Waals surface area contributed by atoms with E-state index < -0.39 is 5.60 Å². The largest absolute Gasteiger partial charge is 0.444 e. The summed E-state index contributed by atoms with van der Waals surface area (Å²) in [6, 6.07) is 0.0858. The fraction of sp³-hybridized carbons (Fsp3) is 0.737. The van der Waals surface area contributed by atoms with E-state index in [1.54, 1.807) is 7.05 Å². The lowest BCUT2D eigenvalue weighted by Gasteiger charge is -2.23. The predicted octanol–water partition coefficient (Wildman–Crippen LogP) is 2.15. The highest BCUT2D eigenvalue weighted by Gasteiger charge is 2.27. The Morgan fingerprint density at radius 2 is 2.19 bits per heavy atom. The van der Waals surface area contributed by atoms with Crippen molar-refractivity contribution >= 4 is 12.1 Å². The van der Waals surface area contributed by atoms with E-state index in [2.05, 4.69) is 30.1 Å². The van der Waals surface area contributed by atoms with Gasteiger partial charge in [-0.2, -0.15) is 0 Å². The van der Waals surface area contributed by atoms with Crippen molar-refractivity contribution in [3.8, 4) is 0 Å². The molecule has 1 aliphatic rings. The summed E-state index contributed by atoms with van der Waals surface area (Å²) in [5.41, 5.74) is -0.477. The molecule has 8 heteroatoms. The van der Waals surface area contributed by atoms with Crippen LogP contribution in [0.5, 0.6) is 0 Å². The lowest BCUT2D eigenvalue weighted by atomic mass is 10.2. The summed E-state index contributed by atoms with van der Waals surface area (Å²) < 4.78 is 7.50. The zero-order chi connectivity index (χ0) is 19.9. The van der Waals surface area contributed by atoms with Gasteiger partial charge < -0.3 is 24.8 Å². The van der Waals surface area contributed by atoms with Crippen LogP contribution in [-0.2, 0) is 11.3 Å². The highest BCUT2D eigenvalue weighted by molar-refractivity contribution is 5.80. The van der Waals surface area contributed by atoms with Gasteiger partial charge in [-0.3, -0.25) is 4.99 Å². The van der Waals surface area contributed by atoms with Gasteiger partial charge in [0.1, 0.15) is 11.4 Å². The van der Waals surface area contributed by atoms with E-state index in [4.69, 9.17) is 4.74 Å². The minimum Gasteiger partial charge on any atom is -0.444 e. The van der Waals surface area contributed by atoms with Gasteiger partial charge in [0.05, 0.1) is 6.04 Å². The van der Waals surface area contributed by atoms with Gasteiger partial charge in [0.25, 0.3) is 0 Å². The van der Waals surface area contributed by atoms with Crippen LogP contribution in [0.4, 0.5) is 4.79 Å². The molecule has 0 bridgehead atoms. The van der Waals surface area contributed by atoms with Gasteiger partial charge in [-0.15, -0.1) is 0 Å². The Kier molecular flexibility index (Phi) is 7.50. The Morgan fingerprint density at radius 3 is 2.81 bits per heavy atom. The maximum Gasteiger partial charge on any atom is 0.407 e. The Hall–Kier alpha value is -2.25. The second kappa shape index (κ2) is 9.62. The molecule has 1 unspecified atom stereocenters. The molecule has 0 radical (unpaired) electrons. The molecule has 152 valence electrons. The predicted molar refractivity (Wildman–Crippen MR) is 107 cm³/mol. The topological polar surface area (TPSA) is 83.8 Å². The number of amides is 1. The number of aliphatic imine (C=N–C) groups is 1. The van der Waals surface area contributed by atoms with Crippen molar-refractivity contribution in [1.82, 2.24) is 25.1 Å². The van der Waals surface area contributed by atoms with Crippen LogP contribution in [-0.4, -0.2) is 64.8 Å². The molecule has 2 N–H and O–H groups in total. The minimum atomic E-state index is -0.477. The summed E-state index contributed by atoms with van der Waals surface area (Å²) in [4.78, 5) is 22.7. The smallest absolute Gasteiger partial charge is 0.407 e. The molecule has 1 aromatic heterocycles. The van der Waals surface area contributed by atoms with Gasteiger partial charge >= 0.3 is 6.09 Å². The third-order valence-corrected chi connectivity index (χ3v) is 4.45. The van der Waals surface area contributed by atoms with Crippen LogP contribution in [0.15, 0.2) is 17.4 Å². The van der Waals surface area contributed by atoms with E-state index in [0.29, 0.717) is 0 Å². The molecule has 8 nitrogen and oxygen atoms in total. The Morgan fingerprint density at radius 1 is 1.41 bits per heavy atom. The number of hydrogen-bond acceptors (Lipinski definition) is 4. The minimum absolute atomic E-state index is 0.0858. The number of guanidine groups is 1. The fourth-order valence-electron chi connectivity index (χ4n) is 3.12. The summed E-state index contributed by atoms with van der Waals surface area (Å²) in [5, 5.41) is 6.37. The molecule has 0 aliphatic carbocycles. The lowest BCUT2D eigenvalue weighted by molar-refractivity contribution is 0.0507. The van der Waals surface area contributed by atoms with Crippen molar-refractivity contribution in [2.45, 2.75) is 65.1 Å². The highest BCUT2D eigenvalue weighted by atomic mass is 16.6. The molecule has 2 heterocycles. The number of rotatable bonds is 6. The summed E-state index contributed by atoms with van der Waals surface area (Å²) >= 11 is 0. The molecule has 1 amide bonds. The van der Waals surface area contributed by atoms with E-state index >= 15 is 0 Å². The molecule has 0 aromatic carbocycles. The number of nitrogens with one attached hydrogen (secondary N) is 2. The summed E-state index contributed by atoms with van der Waals surface area (Å²) in [5.74, 6) is 1.95. The van der Waals surface area contributed by atoms with Crippen molar-refractivity contribution in [3.05, 3.63) is 18.2 Å². The average molecular weight is 379 g/mol. The van der Waals surface area contributed by atoms with Crippen LogP contribution < -0.4 is 10.6 Å². The van der Waals surface area contributed by atoms with Gasteiger partial charge in [0, 0.05) is 45.6 Å². The number of carbonyl (C=O) groups is 1. The first-order chi connectivity index (χ1) is 12.8. The maximum absolute atomic E-state index is 11.9. The van der Waals surface area contributed by atoms with Crippen LogP contribution in [0.1, 0.15) is 45.9 Å². The number of likely N-dealkylation sites (tertiary alicyclic amines) is 1. The Bertz CT molecular complexity index is 634. The van der Waals surface area contributed by atoms with Crippen molar-refractivity contribution in [1.29, 1.82) is 0 Å². The van der Waals surface area contributed by atoms with Gasteiger partial charge in [0.15, 0.2) is 5.96 Å². The van der Waals surface area contributed by atoms with Crippen LogP contribution in [0, 0.1) is 6.92 Å². The van der Waals surface area contributed by atoms with Gasteiger partial charge in [0.2, 0.25) is 0 Å². The Labute approximate surface area is 162 Å². The number of unbranched alkanes of at least 4 members (excludes halogenated alkanes) is 1. The van der Waals surface area contributed by atoms with Crippen molar-refractivity contribution in [2.75, 3.05) is 26.7 Å². The number of alkyl carbamates (subject to hydrolysis) is 1. The fourth-order valence-corrected chi connectivity index (χ4v) is 3.12. The molecule has 1 aromatic rings. The summed E-state index contributed by atoms with van der Waals surface area (Å²) in [7, 11) is 1.80. The zero-order valence-corrected chi connectivity index (χ0v) is 17.3. The molecular formula is C19H34N6O2. The summed E-state index contributed by atoms with van der Waals surface area (Å²) in [6.07, 6.45) is 6.54. The molecule has 0 saturated carbocycles.